The molecule has 4 N–H and O–H groups in total. The number of carbonyl (C=O) groups is 3. The topological polar surface area (TPSA) is 119 Å². The molecule has 0 aliphatic heterocycles. The number of carboxylic acid groups (broad SMARTS) is 1. The Morgan fingerprint density at radius 2 is 1.94 bits per heavy atom. The first-order valence-corrected chi connectivity index (χ1v) is 5.01. The lowest BCUT2D eigenvalue weighted by Gasteiger charge is -2.09. The fourth-order valence-electron chi connectivity index (χ4n) is 1.27. The Morgan fingerprint density at radius 3 is 2.56 bits per heavy atom. The standard InChI is InChI=1S/C11H12N2O5/c12-11(17)13-9(14)6-18-8-4-2-1-3-7(8)5-10(15)16/h1-4H,5-6H2,(H,15,16)(H3,12,13,14,17). The molecule has 0 aromatic heterocycles. The summed E-state index contributed by atoms with van der Waals surface area (Å²) < 4.78 is 5.12. The molecule has 0 saturated carbocycles. The third kappa shape index (κ3) is 4.52. The molecule has 0 bridgehead atoms. The Balaban J connectivity index is 2.64. The predicted molar refractivity (Wildman–Crippen MR) is 61.0 cm³/mol. The Labute approximate surface area is 103 Å². The van der Waals surface area contributed by atoms with Crippen LogP contribution in [0.3, 0.4) is 0 Å². The minimum Gasteiger partial charge on any atom is -0.483 e. The quantitative estimate of drug-likeness (QED) is 0.675. The number of primary amides is 1. The highest BCUT2D eigenvalue weighted by molar-refractivity contribution is 5.94. The lowest BCUT2D eigenvalue weighted by molar-refractivity contribution is -0.136. The van der Waals surface area contributed by atoms with E-state index in [2.05, 4.69) is 0 Å². The van der Waals surface area contributed by atoms with Crippen molar-refractivity contribution in [2.24, 2.45) is 5.73 Å². The van der Waals surface area contributed by atoms with Crippen LogP contribution < -0.4 is 15.8 Å². The van der Waals surface area contributed by atoms with Gasteiger partial charge in [0, 0.05) is 5.56 Å². The summed E-state index contributed by atoms with van der Waals surface area (Å²) >= 11 is 0. The van der Waals surface area contributed by atoms with Gasteiger partial charge < -0.3 is 15.6 Å². The van der Waals surface area contributed by atoms with Crippen molar-refractivity contribution in [3.8, 4) is 5.75 Å². The van der Waals surface area contributed by atoms with Crippen LogP contribution in [0.4, 0.5) is 4.79 Å². The van der Waals surface area contributed by atoms with Crippen molar-refractivity contribution in [2.75, 3.05) is 6.61 Å². The number of hydrogen-bond acceptors (Lipinski definition) is 4. The van der Waals surface area contributed by atoms with Crippen LogP contribution in [0.15, 0.2) is 24.3 Å². The molecule has 7 heteroatoms. The zero-order valence-corrected chi connectivity index (χ0v) is 9.38. The highest BCUT2D eigenvalue weighted by Crippen LogP contribution is 2.18. The molecule has 0 aliphatic carbocycles. The highest BCUT2D eigenvalue weighted by atomic mass is 16.5. The maximum absolute atomic E-state index is 11.1. The predicted octanol–water partition coefficient (Wildman–Crippen LogP) is -0.113. The SMILES string of the molecule is NC(=O)NC(=O)COc1ccccc1CC(=O)O. The number of imide groups is 1. The van der Waals surface area contributed by atoms with E-state index in [-0.39, 0.29) is 12.2 Å². The lowest BCUT2D eigenvalue weighted by Crippen LogP contribution is -2.38. The Hall–Kier alpha value is -2.57. The van der Waals surface area contributed by atoms with Gasteiger partial charge in [0.15, 0.2) is 6.61 Å². The molecule has 1 rings (SSSR count). The summed E-state index contributed by atoms with van der Waals surface area (Å²) in [5.41, 5.74) is 5.20. The minimum absolute atomic E-state index is 0.215. The summed E-state index contributed by atoms with van der Waals surface area (Å²) in [4.78, 5) is 32.1. The number of aliphatic carboxylic acids is 1. The second kappa shape index (κ2) is 6.24. The van der Waals surface area contributed by atoms with E-state index >= 15 is 0 Å². The molecule has 0 atom stereocenters. The van der Waals surface area contributed by atoms with Gasteiger partial charge in [-0.3, -0.25) is 14.9 Å². The molecule has 0 spiro atoms. The van der Waals surface area contributed by atoms with Crippen LogP contribution in [0.5, 0.6) is 5.75 Å². The zero-order chi connectivity index (χ0) is 13.5. The molecule has 96 valence electrons. The summed E-state index contributed by atoms with van der Waals surface area (Å²) in [6, 6.07) is 5.45. The van der Waals surface area contributed by atoms with E-state index < -0.39 is 24.5 Å². The van der Waals surface area contributed by atoms with E-state index in [1.807, 2.05) is 5.32 Å². The average molecular weight is 252 g/mol. The van der Waals surface area contributed by atoms with E-state index in [4.69, 9.17) is 15.6 Å². The Kier molecular flexibility index (Phi) is 4.67. The molecule has 1 aromatic carbocycles. The molecule has 3 amide bonds. The second-order valence-corrected chi connectivity index (χ2v) is 3.38. The molecule has 0 aliphatic rings. The molecule has 0 unspecified atom stereocenters. The normalized spacial score (nSPS) is 9.56. The molecule has 0 heterocycles. The zero-order valence-electron chi connectivity index (χ0n) is 9.38. The van der Waals surface area contributed by atoms with E-state index in [1.54, 1.807) is 18.2 Å². The van der Waals surface area contributed by atoms with E-state index in [0.717, 1.165) is 0 Å². The number of hydrogen-bond donors (Lipinski definition) is 3. The molecule has 1 aromatic rings. The third-order valence-corrected chi connectivity index (χ3v) is 1.94. The smallest absolute Gasteiger partial charge is 0.318 e. The second-order valence-electron chi connectivity index (χ2n) is 3.38. The number of para-hydroxylation sites is 1. The van der Waals surface area contributed by atoms with Gasteiger partial charge in [0.05, 0.1) is 6.42 Å². The summed E-state index contributed by atoms with van der Waals surface area (Å²) in [5, 5.41) is 10.5. The van der Waals surface area contributed by atoms with E-state index in [1.165, 1.54) is 6.07 Å². The summed E-state index contributed by atoms with van der Waals surface area (Å²) in [6.45, 7) is -0.417. The van der Waals surface area contributed by atoms with Crippen molar-refractivity contribution < 1.29 is 24.2 Å². The van der Waals surface area contributed by atoms with Crippen LogP contribution in [0.1, 0.15) is 5.56 Å². The average Bonchev–Trinajstić information content (AvgIpc) is 2.26. The number of nitrogens with one attached hydrogen (secondary N) is 1. The van der Waals surface area contributed by atoms with Crippen LogP contribution in [0, 0.1) is 0 Å². The van der Waals surface area contributed by atoms with Crippen molar-refractivity contribution in [3.05, 3.63) is 29.8 Å². The molecule has 18 heavy (non-hydrogen) atoms. The summed E-state index contributed by atoms with van der Waals surface area (Å²) in [7, 11) is 0. The van der Waals surface area contributed by atoms with Crippen LogP contribution in [-0.4, -0.2) is 29.6 Å². The van der Waals surface area contributed by atoms with Gasteiger partial charge in [-0.1, -0.05) is 18.2 Å². The number of nitrogens with two attached hydrogens (primary N) is 1. The van der Waals surface area contributed by atoms with Crippen molar-refractivity contribution in [1.82, 2.24) is 5.32 Å². The van der Waals surface area contributed by atoms with Crippen LogP contribution in [0.2, 0.25) is 0 Å². The van der Waals surface area contributed by atoms with Crippen molar-refractivity contribution in [2.45, 2.75) is 6.42 Å². The third-order valence-electron chi connectivity index (χ3n) is 1.94. The van der Waals surface area contributed by atoms with Gasteiger partial charge in [-0.2, -0.15) is 0 Å². The first-order valence-electron chi connectivity index (χ1n) is 5.01. The van der Waals surface area contributed by atoms with Crippen LogP contribution in [-0.2, 0) is 16.0 Å². The largest absolute Gasteiger partial charge is 0.483 e. The van der Waals surface area contributed by atoms with Crippen LogP contribution in [0.25, 0.3) is 0 Å². The maximum atomic E-state index is 11.1. The summed E-state index contributed by atoms with van der Waals surface area (Å²) in [6.07, 6.45) is -0.215. The number of rotatable bonds is 5. The molecule has 7 nitrogen and oxygen atoms in total. The minimum atomic E-state index is -1.01. The number of ether oxygens (including phenoxy) is 1. The van der Waals surface area contributed by atoms with Gasteiger partial charge in [-0.05, 0) is 6.07 Å². The highest BCUT2D eigenvalue weighted by Gasteiger charge is 2.10. The maximum Gasteiger partial charge on any atom is 0.318 e. The number of amides is 3. The molecular weight excluding hydrogens is 240 g/mol. The number of carboxylic acids is 1. The monoisotopic (exact) mass is 252 g/mol. The first kappa shape index (κ1) is 13.5. The van der Waals surface area contributed by atoms with Crippen molar-refractivity contribution in [1.29, 1.82) is 0 Å². The first-order chi connectivity index (χ1) is 8.49. The van der Waals surface area contributed by atoms with E-state index in [9.17, 15) is 14.4 Å². The van der Waals surface area contributed by atoms with Gasteiger partial charge >= 0.3 is 12.0 Å². The van der Waals surface area contributed by atoms with Gasteiger partial charge in [0.25, 0.3) is 5.91 Å². The number of urea groups is 1. The lowest BCUT2D eigenvalue weighted by atomic mass is 10.1. The Morgan fingerprint density at radius 1 is 1.28 bits per heavy atom. The van der Waals surface area contributed by atoms with Crippen molar-refractivity contribution >= 4 is 17.9 Å². The molecule has 0 radical (unpaired) electrons. The van der Waals surface area contributed by atoms with Gasteiger partial charge in [0.2, 0.25) is 0 Å². The number of carbonyl (C=O) groups excluding carboxylic acids is 2. The molecular formula is C11H12N2O5. The summed E-state index contributed by atoms with van der Waals surface area (Å²) in [5.74, 6) is -1.43. The van der Waals surface area contributed by atoms with Gasteiger partial charge in [-0.25, -0.2) is 4.79 Å². The van der Waals surface area contributed by atoms with Gasteiger partial charge in [-0.15, -0.1) is 0 Å². The van der Waals surface area contributed by atoms with E-state index in [0.29, 0.717) is 5.56 Å². The van der Waals surface area contributed by atoms with Crippen LogP contribution >= 0.6 is 0 Å². The number of benzene rings is 1. The molecule has 0 fully saturated rings. The fourth-order valence-corrected chi connectivity index (χ4v) is 1.27. The fraction of sp³-hybridized carbons (Fsp3) is 0.182. The molecule has 0 saturated heterocycles. The van der Waals surface area contributed by atoms with Crippen molar-refractivity contribution in [3.63, 3.8) is 0 Å². The Bertz CT molecular complexity index is 472. The van der Waals surface area contributed by atoms with Gasteiger partial charge in [0.1, 0.15) is 5.75 Å².